The van der Waals surface area contributed by atoms with Crippen LogP contribution < -0.4 is 0 Å². The average molecular weight is 597 g/mol. The first-order chi connectivity index (χ1) is 23.3. The molecule has 1 heterocycles. The SMILES string of the molecule is c1ccc(-c2c3ccccc3c(-c3ccccc3)c3cc(-c4cc5ccccc5c5c4oc4ccc6ccccc6c45)ccc23)cc1. The molecule has 0 radical (unpaired) electrons. The van der Waals surface area contributed by atoms with Crippen LogP contribution >= 0.6 is 0 Å². The minimum atomic E-state index is 0.916. The molecule has 1 aromatic heterocycles. The predicted molar refractivity (Wildman–Crippen MR) is 200 cm³/mol. The van der Waals surface area contributed by atoms with Gasteiger partial charge in [-0.15, -0.1) is 0 Å². The maximum Gasteiger partial charge on any atom is 0.143 e. The number of hydrogen-bond donors (Lipinski definition) is 0. The lowest BCUT2D eigenvalue weighted by Crippen LogP contribution is -1.92. The Morgan fingerprint density at radius 1 is 0.319 bits per heavy atom. The maximum absolute atomic E-state index is 6.84. The van der Waals surface area contributed by atoms with Gasteiger partial charge < -0.3 is 4.42 Å². The molecule has 0 saturated carbocycles. The number of benzene rings is 9. The Bertz CT molecular complexity index is 2820. The zero-order chi connectivity index (χ0) is 30.9. The minimum Gasteiger partial charge on any atom is -0.455 e. The second kappa shape index (κ2) is 10.2. The van der Waals surface area contributed by atoms with Gasteiger partial charge in [-0.1, -0.05) is 152 Å². The van der Waals surface area contributed by atoms with Crippen molar-refractivity contribution in [1.82, 2.24) is 0 Å². The lowest BCUT2D eigenvalue weighted by molar-refractivity contribution is 0.670. The summed E-state index contributed by atoms with van der Waals surface area (Å²) in [6, 6.07) is 61.4. The quantitative estimate of drug-likeness (QED) is 0.185. The Hall–Kier alpha value is -6.18. The highest BCUT2D eigenvalue weighted by Crippen LogP contribution is 2.47. The second-order valence-electron chi connectivity index (χ2n) is 12.4. The molecule has 0 aliphatic heterocycles. The number of furan rings is 1. The summed E-state index contributed by atoms with van der Waals surface area (Å²) >= 11 is 0. The zero-order valence-corrected chi connectivity index (χ0v) is 25.6. The molecule has 1 nitrogen and oxygen atoms in total. The van der Waals surface area contributed by atoms with Crippen LogP contribution in [0.3, 0.4) is 0 Å². The largest absolute Gasteiger partial charge is 0.455 e. The van der Waals surface area contributed by atoms with E-state index >= 15 is 0 Å². The highest BCUT2D eigenvalue weighted by molar-refractivity contribution is 6.29. The molecule has 1 heteroatoms. The fraction of sp³-hybridized carbons (Fsp3) is 0. The summed E-state index contributed by atoms with van der Waals surface area (Å²) in [6.07, 6.45) is 0. The average Bonchev–Trinajstić information content (AvgIpc) is 3.55. The van der Waals surface area contributed by atoms with Crippen molar-refractivity contribution in [3.05, 3.63) is 170 Å². The topological polar surface area (TPSA) is 13.1 Å². The molecular weight excluding hydrogens is 569 g/mol. The van der Waals surface area contributed by atoms with E-state index in [9.17, 15) is 0 Å². The van der Waals surface area contributed by atoms with Gasteiger partial charge in [0.1, 0.15) is 11.2 Å². The molecule has 0 unspecified atom stereocenters. The van der Waals surface area contributed by atoms with Crippen LogP contribution in [0.5, 0.6) is 0 Å². The molecule has 0 aliphatic rings. The second-order valence-corrected chi connectivity index (χ2v) is 12.4. The fourth-order valence-electron chi connectivity index (χ4n) is 7.78. The van der Waals surface area contributed by atoms with Crippen molar-refractivity contribution in [2.45, 2.75) is 0 Å². The Morgan fingerprint density at radius 3 is 1.53 bits per heavy atom. The molecule has 0 aliphatic carbocycles. The van der Waals surface area contributed by atoms with E-state index < -0.39 is 0 Å². The summed E-state index contributed by atoms with van der Waals surface area (Å²) in [4.78, 5) is 0. The normalized spacial score (nSPS) is 11.8. The highest BCUT2D eigenvalue weighted by atomic mass is 16.3. The van der Waals surface area contributed by atoms with E-state index in [4.69, 9.17) is 4.42 Å². The van der Waals surface area contributed by atoms with E-state index in [0.29, 0.717) is 0 Å². The summed E-state index contributed by atoms with van der Waals surface area (Å²) in [7, 11) is 0. The molecule has 47 heavy (non-hydrogen) atoms. The van der Waals surface area contributed by atoms with Gasteiger partial charge in [-0.3, -0.25) is 0 Å². The lowest BCUT2D eigenvalue weighted by Gasteiger charge is -2.19. The van der Waals surface area contributed by atoms with Crippen molar-refractivity contribution in [2.24, 2.45) is 0 Å². The first-order valence-electron chi connectivity index (χ1n) is 16.2. The van der Waals surface area contributed by atoms with Crippen molar-refractivity contribution in [1.29, 1.82) is 0 Å². The Kier molecular flexibility index (Phi) is 5.64. The van der Waals surface area contributed by atoms with E-state index in [1.807, 2.05) is 0 Å². The molecule has 0 amide bonds. The van der Waals surface area contributed by atoms with Gasteiger partial charge in [-0.05, 0) is 89.1 Å². The van der Waals surface area contributed by atoms with Crippen LogP contribution in [0, 0.1) is 0 Å². The van der Waals surface area contributed by atoms with E-state index in [0.717, 1.165) is 22.3 Å². The van der Waals surface area contributed by atoms with Crippen LogP contribution in [0.15, 0.2) is 174 Å². The van der Waals surface area contributed by atoms with Gasteiger partial charge in [0.25, 0.3) is 0 Å². The van der Waals surface area contributed by atoms with Crippen LogP contribution in [0.2, 0.25) is 0 Å². The van der Waals surface area contributed by atoms with Gasteiger partial charge in [0.15, 0.2) is 0 Å². The summed E-state index contributed by atoms with van der Waals surface area (Å²) in [5.74, 6) is 0. The van der Waals surface area contributed by atoms with E-state index in [1.54, 1.807) is 0 Å². The maximum atomic E-state index is 6.84. The molecule has 10 rings (SSSR count). The molecule has 0 bridgehead atoms. The zero-order valence-electron chi connectivity index (χ0n) is 25.6. The minimum absolute atomic E-state index is 0.916. The van der Waals surface area contributed by atoms with E-state index in [-0.39, 0.29) is 0 Å². The van der Waals surface area contributed by atoms with Crippen LogP contribution in [0.1, 0.15) is 0 Å². The van der Waals surface area contributed by atoms with Gasteiger partial charge >= 0.3 is 0 Å². The fourth-order valence-corrected chi connectivity index (χ4v) is 7.78. The molecule has 0 saturated heterocycles. The summed E-state index contributed by atoms with van der Waals surface area (Å²) in [5, 5.41) is 12.2. The van der Waals surface area contributed by atoms with Crippen molar-refractivity contribution < 1.29 is 4.42 Å². The molecule has 0 atom stereocenters. The third-order valence-corrected chi connectivity index (χ3v) is 9.81. The Morgan fingerprint density at radius 2 is 0.851 bits per heavy atom. The molecule has 0 N–H and O–H groups in total. The molecule has 0 fully saturated rings. The molecule has 0 spiro atoms. The standard InChI is InChI=1S/C46H28O/c1-3-14-30(15-4-1)42-36-21-11-12-22-37(36)43(31-16-5-2-6-17-31)40-28-33(23-25-38(40)42)39-27-32-18-8-10-20-35(32)45-44-34-19-9-7-13-29(34)24-26-41(44)47-46(39)45/h1-28H. The van der Waals surface area contributed by atoms with Crippen LogP contribution in [0.4, 0.5) is 0 Å². The van der Waals surface area contributed by atoms with Gasteiger partial charge in [0, 0.05) is 16.3 Å². The third kappa shape index (κ3) is 3.90. The lowest BCUT2D eigenvalue weighted by atomic mass is 9.84. The molecule has 9 aromatic carbocycles. The number of fused-ring (bicyclic) bond motifs is 9. The van der Waals surface area contributed by atoms with Crippen molar-refractivity contribution >= 4 is 65.0 Å². The van der Waals surface area contributed by atoms with Crippen LogP contribution in [-0.4, -0.2) is 0 Å². The van der Waals surface area contributed by atoms with Crippen molar-refractivity contribution in [3.8, 4) is 33.4 Å². The van der Waals surface area contributed by atoms with Crippen molar-refractivity contribution in [2.75, 3.05) is 0 Å². The smallest absolute Gasteiger partial charge is 0.143 e. The monoisotopic (exact) mass is 596 g/mol. The molecule has 10 aromatic rings. The van der Waals surface area contributed by atoms with Gasteiger partial charge in [0.2, 0.25) is 0 Å². The first kappa shape index (κ1) is 26.1. The first-order valence-corrected chi connectivity index (χ1v) is 16.2. The van der Waals surface area contributed by atoms with Crippen LogP contribution in [0.25, 0.3) is 98.4 Å². The van der Waals surface area contributed by atoms with Gasteiger partial charge in [0.05, 0.1) is 0 Å². The number of hydrogen-bond acceptors (Lipinski definition) is 1. The third-order valence-electron chi connectivity index (χ3n) is 9.81. The van der Waals surface area contributed by atoms with Crippen LogP contribution in [-0.2, 0) is 0 Å². The molecule has 218 valence electrons. The van der Waals surface area contributed by atoms with E-state index in [2.05, 4.69) is 170 Å². The Labute approximate surface area is 271 Å². The molecular formula is C46H28O. The number of rotatable bonds is 3. The predicted octanol–water partition coefficient (Wildman–Crippen LogP) is 13.2. The van der Waals surface area contributed by atoms with Crippen molar-refractivity contribution in [3.63, 3.8) is 0 Å². The van der Waals surface area contributed by atoms with Gasteiger partial charge in [-0.2, -0.15) is 0 Å². The summed E-state index contributed by atoms with van der Waals surface area (Å²) < 4.78 is 6.84. The van der Waals surface area contributed by atoms with Gasteiger partial charge in [-0.25, -0.2) is 0 Å². The summed E-state index contributed by atoms with van der Waals surface area (Å²) in [5.41, 5.74) is 9.05. The Balaban J connectivity index is 1.36. The van der Waals surface area contributed by atoms with E-state index in [1.165, 1.54) is 76.1 Å². The summed E-state index contributed by atoms with van der Waals surface area (Å²) in [6.45, 7) is 0. The highest BCUT2D eigenvalue weighted by Gasteiger charge is 2.21.